The Morgan fingerprint density at radius 1 is 0.923 bits per heavy atom. The fourth-order valence-corrected chi connectivity index (χ4v) is 3.03. The molecule has 0 aromatic carbocycles. The third kappa shape index (κ3) is 1.84. The molecule has 2 atom stereocenters. The molecule has 2 unspecified atom stereocenters. The lowest BCUT2D eigenvalue weighted by Crippen LogP contribution is -2.17. The van der Waals surface area contributed by atoms with Crippen LogP contribution in [-0.2, 0) is 4.79 Å². The molecule has 2 aliphatic carbocycles. The van der Waals surface area contributed by atoms with E-state index in [1.54, 1.807) is 0 Å². The quantitative estimate of drug-likeness (QED) is 0.445. The minimum absolute atomic E-state index is 0.756. The Labute approximate surface area is 80.2 Å². The summed E-state index contributed by atoms with van der Waals surface area (Å²) >= 11 is 0. The molecule has 0 heterocycles. The summed E-state index contributed by atoms with van der Waals surface area (Å²) in [4.78, 5) is 10.5. The normalized spacial score (nSPS) is 33.7. The van der Waals surface area contributed by atoms with Crippen LogP contribution in [0.4, 0.5) is 0 Å². The van der Waals surface area contributed by atoms with Crippen molar-refractivity contribution >= 4 is 6.29 Å². The summed E-state index contributed by atoms with van der Waals surface area (Å²) in [5.74, 6) is 1.51. The highest BCUT2D eigenvalue weighted by Crippen LogP contribution is 2.42. The van der Waals surface area contributed by atoms with Gasteiger partial charge in [-0.25, -0.2) is 0 Å². The van der Waals surface area contributed by atoms with Crippen LogP contribution in [0.5, 0.6) is 0 Å². The van der Waals surface area contributed by atoms with E-state index in [1.165, 1.54) is 50.5 Å². The number of aldehydes is 1. The fraction of sp³-hybridized carbons (Fsp3) is 0.750. The SMILES string of the molecule is O=CC=C1C2CCCCC1CCC2. The number of hydrogen-bond acceptors (Lipinski definition) is 1. The van der Waals surface area contributed by atoms with Crippen molar-refractivity contribution in [1.29, 1.82) is 0 Å². The molecule has 2 saturated carbocycles. The number of hydrogen-bond donors (Lipinski definition) is 0. The molecule has 0 radical (unpaired) electrons. The molecule has 0 aliphatic heterocycles. The van der Waals surface area contributed by atoms with Gasteiger partial charge in [0.15, 0.2) is 0 Å². The van der Waals surface area contributed by atoms with E-state index in [1.807, 2.05) is 6.08 Å². The van der Waals surface area contributed by atoms with Crippen LogP contribution in [0.2, 0.25) is 0 Å². The van der Waals surface area contributed by atoms with Gasteiger partial charge in [0.25, 0.3) is 0 Å². The Morgan fingerprint density at radius 2 is 1.46 bits per heavy atom. The van der Waals surface area contributed by atoms with Gasteiger partial charge in [0.2, 0.25) is 0 Å². The predicted molar refractivity (Wildman–Crippen MR) is 53.4 cm³/mol. The van der Waals surface area contributed by atoms with Crippen LogP contribution >= 0.6 is 0 Å². The number of carbonyl (C=O) groups is 1. The summed E-state index contributed by atoms with van der Waals surface area (Å²) < 4.78 is 0. The van der Waals surface area contributed by atoms with Gasteiger partial charge >= 0.3 is 0 Å². The monoisotopic (exact) mass is 178 g/mol. The van der Waals surface area contributed by atoms with Crippen molar-refractivity contribution in [3.05, 3.63) is 11.6 Å². The zero-order chi connectivity index (χ0) is 9.10. The summed E-state index contributed by atoms with van der Waals surface area (Å²) in [6, 6.07) is 0. The fourth-order valence-electron chi connectivity index (χ4n) is 3.03. The van der Waals surface area contributed by atoms with Crippen LogP contribution < -0.4 is 0 Å². The van der Waals surface area contributed by atoms with E-state index in [4.69, 9.17) is 0 Å². The maximum atomic E-state index is 10.5. The summed E-state index contributed by atoms with van der Waals surface area (Å²) in [6.07, 6.45) is 12.3. The standard InChI is InChI=1S/C12H18O/c13-9-8-12-10-4-1-2-5-11(12)7-3-6-10/h8-11H,1-7H2. The van der Waals surface area contributed by atoms with Gasteiger partial charge in [0.1, 0.15) is 6.29 Å². The van der Waals surface area contributed by atoms with E-state index in [2.05, 4.69) is 0 Å². The van der Waals surface area contributed by atoms with Crippen molar-refractivity contribution in [3.8, 4) is 0 Å². The van der Waals surface area contributed by atoms with Gasteiger partial charge < -0.3 is 0 Å². The van der Waals surface area contributed by atoms with Gasteiger partial charge in [0, 0.05) is 0 Å². The molecular formula is C12H18O. The largest absolute Gasteiger partial charge is 0.299 e. The Kier molecular flexibility index (Phi) is 2.82. The average Bonchev–Trinajstić information content (AvgIpc) is 2.28. The third-order valence-corrected chi connectivity index (χ3v) is 3.66. The van der Waals surface area contributed by atoms with Gasteiger partial charge in [-0.2, -0.15) is 0 Å². The smallest absolute Gasteiger partial charge is 0.142 e. The van der Waals surface area contributed by atoms with E-state index in [-0.39, 0.29) is 0 Å². The first-order valence-corrected chi connectivity index (χ1v) is 5.57. The zero-order valence-electron chi connectivity index (χ0n) is 8.17. The first-order chi connectivity index (χ1) is 6.42. The van der Waals surface area contributed by atoms with Crippen molar-refractivity contribution in [2.45, 2.75) is 44.9 Å². The second kappa shape index (κ2) is 4.08. The summed E-state index contributed by atoms with van der Waals surface area (Å²) in [5, 5.41) is 0. The zero-order valence-corrected chi connectivity index (χ0v) is 8.17. The number of allylic oxidation sites excluding steroid dienone is 2. The van der Waals surface area contributed by atoms with Gasteiger partial charge in [-0.3, -0.25) is 4.79 Å². The molecule has 2 bridgehead atoms. The highest BCUT2D eigenvalue weighted by Gasteiger charge is 2.28. The number of fused-ring (bicyclic) bond motifs is 2. The number of carbonyl (C=O) groups excluding carboxylic acids is 1. The van der Waals surface area contributed by atoms with Crippen LogP contribution in [-0.4, -0.2) is 6.29 Å². The molecule has 2 fully saturated rings. The molecule has 0 amide bonds. The van der Waals surface area contributed by atoms with E-state index < -0.39 is 0 Å². The van der Waals surface area contributed by atoms with E-state index in [9.17, 15) is 4.79 Å². The highest BCUT2D eigenvalue weighted by atomic mass is 16.1. The maximum absolute atomic E-state index is 10.5. The average molecular weight is 178 g/mol. The summed E-state index contributed by atoms with van der Waals surface area (Å²) in [7, 11) is 0. The van der Waals surface area contributed by atoms with E-state index in [0.717, 1.165) is 18.1 Å². The van der Waals surface area contributed by atoms with Gasteiger partial charge in [-0.15, -0.1) is 0 Å². The van der Waals surface area contributed by atoms with Crippen molar-refractivity contribution < 1.29 is 4.79 Å². The van der Waals surface area contributed by atoms with Crippen molar-refractivity contribution in [1.82, 2.24) is 0 Å². The Morgan fingerprint density at radius 3 is 2.00 bits per heavy atom. The predicted octanol–water partition coefficient (Wildman–Crippen LogP) is 3.10. The molecule has 2 rings (SSSR count). The minimum atomic E-state index is 0.756. The molecular weight excluding hydrogens is 160 g/mol. The van der Waals surface area contributed by atoms with Crippen LogP contribution in [0.3, 0.4) is 0 Å². The van der Waals surface area contributed by atoms with Crippen LogP contribution in [0.25, 0.3) is 0 Å². The number of rotatable bonds is 1. The maximum Gasteiger partial charge on any atom is 0.142 e. The molecule has 0 aromatic rings. The molecule has 0 saturated heterocycles. The minimum Gasteiger partial charge on any atom is -0.299 e. The molecule has 0 spiro atoms. The van der Waals surface area contributed by atoms with Crippen LogP contribution in [0, 0.1) is 11.8 Å². The second-order valence-electron chi connectivity index (χ2n) is 4.41. The molecule has 1 heteroatoms. The molecule has 0 aromatic heterocycles. The lowest BCUT2D eigenvalue weighted by atomic mass is 9.76. The molecule has 0 N–H and O–H groups in total. The van der Waals surface area contributed by atoms with E-state index >= 15 is 0 Å². The Bertz CT molecular complexity index is 201. The van der Waals surface area contributed by atoms with Crippen LogP contribution in [0.15, 0.2) is 11.6 Å². The first-order valence-electron chi connectivity index (χ1n) is 5.57. The lowest BCUT2D eigenvalue weighted by Gasteiger charge is -2.29. The molecule has 2 aliphatic rings. The van der Waals surface area contributed by atoms with Crippen molar-refractivity contribution in [2.75, 3.05) is 0 Å². The molecule has 13 heavy (non-hydrogen) atoms. The van der Waals surface area contributed by atoms with Crippen LogP contribution in [0.1, 0.15) is 44.9 Å². The Hall–Kier alpha value is -0.590. The molecule has 1 nitrogen and oxygen atoms in total. The highest BCUT2D eigenvalue weighted by molar-refractivity contribution is 5.66. The Balaban J connectivity index is 2.20. The van der Waals surface area contributed by atoms with Crippen molar-refractivity contribution in [3.63, 3.8) is 0 Å². The third-order valence-electron chi connectivity index (χ3n) is 3.66. The lowest BCUT2D eigenvalue weighted by molar-refractivity contribution is -0.104. The van der Waals surface area contributed by atoms with Crippen molar-refractivity contribution in [2.24, 2.45) is 11.8 Å². The molecule has 72 valence electrons. The topological polar surface area (TPSA) is 17.1 Å². The van der Waals surface area contributed by atoms with Gasteiger partial charge in [-0.1, -0.05) is 24.8 Å². The van der Waals surface area contributed by atoms with E-state index in [0.29, 0.717) is 0 Å². The summed E-state index contributed by atoms with van der Waals surface area (Å²) in [5.41, 5.74) is 1.48. The second-order valence-corrected chi connectivity index (χ2v) is 4.41. The van der Waals surface area contributed by atoms with Gasteiger partial charge in [0.05, 0.1) is 0 Å². The first kappa shape index (κ1) is 8.98. The van der Waals surface area contributed by atoms with Gasteiger partial charge in [-0.05, 0) is 43.6 Å². The summed E-state index contributed by atoms with van der Waals surface area (Å²) in [6.45, 7) is 0.